The van der Waals surface area contributed by atoms with E-state index in [0.717, 1.165) is 48.6 Å². The highest BCUT2D eigenvalue weighted by atomic mass is 16.3. The van der Waals surface area contributed by atoms with Crippen LogP contribution in [0.3, 0.4) is 0 Å². The van der Waals surface area contributed by atoms with Gasteiger partial charge in [-0.3, -0.25) is 0 Å². The third kappa shape index (κ3) is 5.56. The summed E-state index contributed by atoms with van der Waals surface area (Å²) in [5.41, 5.74) is 2.17. The van der Waals surface area contributed by atoms with Gasteiger partial charge in [0.2, 0.25) is 5.95 Å². The molecule has 0 saturated heterocycles. The van der Waals surface area contributed by atoms with Crippen LogP contribution in [0.25, 0.3) is 10.9 Å². The molecule has 3 aromatic rings. The first kappa shape index (κ1) is 22.5. The summed E-state index contributed by atoms with van der Waals surface area (Å²) >= 11 is 0. The quantitative estimate of drug-likeness (QED) is 0.473. The number of nitrogens with zero attached hydrogens (tertiary/aromatic N) is 3. The highest BCUT2D eigenvalue weighted by Crippen LogP contribution is 2.28. The number of hydrogen-bond acceptors (Lipinski definition) is 6. The van der Waals surface area contributed by atoms with E-state index >= 15 is 0 Å². The van der Waals surface area contributed by atoms with Gasteiger partial charge in [0.1, 0.15) is 5.82 Å². The van der Waals surface area contributed by atoms with Gasteiger partial charge in [0.15, 0.2) is 0 Å². The average Bonchev–Trinajstić information content (AvgIpc) is 2.83. The second-order valence-electron chi connectivity index (χ2n) is 9.09. The molecule has 0 aliphatic heterocycles. The van der Waals surface area contributed by atoms with E-state index in [1.54, 1.807) is 0 Å². The minimum atomic E-state index is 0.158. The van der Waals surface area contributed by atoms with E-state index in [1.165, 1.54) is 18.4 Å². The maximum absolute atomic E-state index is 9.75. The molecule has 1 aliphatic rings. The van der Waals surface area contributed by atoms with Gasteiger partial charge in [-0.15, -0.1) is 0 Å². The van der Waals surface area contributed by atoms with Crippen LogP contribution in [0.2, 0.25) is 0 Å². The van der Waals surface area contributed by atoms with Gasteiger partial charge in [0, 0.05) is 38.0 Å². The number of hydrogen-bond donors (Lipinski definition) is 3. The van der Waals surface area contributed by atoms with Crippen LogP contribution >= 0.6 is 0 Å². The zero-order valence-electron chi connectivity index (χ0n) is 19.2. The van der Waals surface area contributed by atoms with Gasteiger partial charge < -0.3 is 20.6 Å². The lowest BCUT2D eigenvalue weighted by atomic mass is 9.86. The fourth-order valence-electron chi connectivity index (χ4n) is 4.63. The van der Waals surface area contributed by atoms with E-state index in [4.69, 9.17) is 9.97 Å². The number of aliphatic hydroxyl groups is 1. The third-order valence-electron chi connectivity index (χ3n) is 6.50. The number of benzene rings is 2. The van der Waals surface area contributed by atoms with Crippen LogP contribution in [-0.4, -0.2) is 54.9 Å². The second-order valence-corrected chi connectivity index (χ2v) is 9.09. The van der Waals surface area contributed by atoms with Crippen molar-refractivity contribution in [1.82, 2.24) is 15.3 Å². The van der Waals surface area contributed by atoms with Crippen molar-refractivity contribution in [2.75, 3.05) is 44.0 Å². The summed E-state index contributed by atoms with van der Waals surface area (Å²) in [6.07, 6.45) is 4.63. The molecule has 2 aromatic carbocycles. The molecule has 32 heavy (non-hydrogen) atoms. The Kier molecular flexibility index (Phi) is 7.55. The fraction of sp³-hybridized carbons (Fsp3) is 0.462. The van der Waals surface area contributed by atoms with Gasteiger partial charge >= 0.3 is 0 Å². The lowest BCUT2D eigenvalue weighted by Gasteiger charge is -2.30. The smallest absolute Gasteiger partial charge is 0.225 e. The first-order valence-electron chi connectivity index (χ1n) is 11.7. The van der Waals surface area contributed by atoms with Crippen LogP contribution in [0.1, 0.15) is 37.2 Å². The summed E-state index contributed by atoms with van der Waals surface area (Å²) in [6.45, 7) is 2.00. The average molecular weight is 434 g/mol. The summed E-state index contributed by atoms with van der Waals surface area (Å²) in [6, 6.07) is 18.9. The Morgan fingerprint density at radius 2 is 1.69 bits per heavy atom. The maximum atomic E-state index is 9.75. The van der Waals surface area contributed by atoms with Crippen molar-refractivity contribution in [3.05, 3.63) is 60.2 Å². The van der Waals surface area contributed by atoms with Crippen molar-refractivity contribution in [2.45, 2.75) is 37.6 Å². The second kappa shape index (κ2) is 10.7. The van der Waals surface area contributed by atoms with Crippen LogP contribution < -0.4 is 15.5 Å². The predicted molar refractivity (Wildman–Crippen MR) is 132 cm³/mol. The lowest BCUT2D eigenvalue weighted by Crippen LogP contribution is -2.33. The number of nitrogens with one attached hydrogen (secondary N) is 2. The highest BCUT2D eigenvalue weighted by Gasteiger charge is 2.22. The van der Waals surface area contributed by atoms with E-state index in [-0.39, 0.29) is 12.5 Å². The summed E-state index contributed by atoms with van der Waals surface area (Å²) < 4.78 is 0. The fourth-order valence-corrected chi connectivity index (χ4v) is 4.63. The molecular formula is C26H35N5O. The Morgan fingerprint density at radius 1 is 0.969 bits per heavy atom. The monoisotopic (exact) mass is 433 g/mol. The zero-order valence-corrected chi connectivity index (χ0v) is 19.2. The summed E-state index contributed by atoms with van der Waals surface area (Å²) in [5, 5.41) is 18.0. The maximum Gasteiger partial charge on any atom is 0.225 e. The van der Waals surface area contributed by atoms with E-state index in [1.807, 2.05) is 55.4 Å². The van der Waals surface area contributed by atoms with Crippen molar-refractivity contribution in [3.8, 4) is 0 Å². The molecule has 1 fully saturated rings. The van der Waals surface area contributed by atoms with Gasteiger partial charge in [-0.1, -0.05) is 42.5 Å². The molecule has 3 N–H and O–H groups in total. The molecule has 170 valence electrons. The Morgan fingerprint density at radius 3 is 2.41 bits per heavy atom. The standard InChI is InChI=1S/C26H35N5O/c1-31(2)25-23-10-6-7-11-24(23)29-26(30-25)28-22-14-12-19(13-15-22)16-27-17-21(18-32)20-8-4-3-5-9-20/h3-11,19,21-22,27,32H,12-18H2,1-2H3,(H,28,29,30). The molecule has 4 rings (SSSR count). The SMILES string of the molecule is CN(C)c1nc(NC2CCC(CNCC(CO)c3ccccc3)CC2)nc2ccccc12. The third-order valence-corrected chi connectivity index (χ3v) is 6.50. The minimum absolute atomic E-state index is 0.158. The normalized spacial score (nSPS) is 19.6. The Labute approximate surface area is 191 Å². The van der Waals surface area contributed by atoms with E-state index < -0.39 is 0 Å². The zero-order chi connectivity index (χ0) is 22.3. The predicted octanol–water partition coefficient (Wildman–Crippen LogP) is 4.03. The number of para-hydroxylation sites is 1. The number of anilines is 2. The van der Waals surface area contributed by atoms with Crippen molar-refractivity contribution in [1.29, 1.82) is 0 Å². The molecule has 1 aliphatic carbocycles. The molecule has 0 amide bonds. The van der Waals surface area contributed by atoms with Gasteiger partial charge in [0.05, 0.1) is 12.1 Å². The largest absolute Gasteiger partial charge is 0.396 e. The van der Waals surface area contributed by atoms with Crippen LogP contribution in [0.15, 0.2) is 54.6 Å². The van der Waals surface area contributed by atoms with E-state index in [9.17, 15) is 5.11 Å². The molecule has 1 atom stereocenters. The highest BCUT2D eigenvalue weighted by molar-refractivity contribution is 5.90. The molecule has 1 saturated carbocycles. The van der Waals surface area contributed by atoms with Gasteiger partial charge in [-0.25, -0.2) is 4.98 Å². The van der Waals surface area contributed by atoms with Crippen LogP contribution in [-0.2, 0) is 0 Å². The molecule has 1 heterocycles. The lowest BCUT2D eigenvalue weighted by molar-refractivity contribution is 0.255. The molecule has 1 aromatic heterocycles. The molecule has 6 heteroatoms. The molecule has 0 spiro atoms. The van der Waals surface area contributed by atoms with Crippen molar-refractivity contribution in [2.24, 2.45) is 5.92 Å². The molecule has 6 nitrogen and oxygen atoms in total. The molecule has 0 radical (unpaired) electrons. The van der Waals surface area contributed by atoms with E-state index in [2.05, 4.69) is 28.8 Å². The summed E-state index contributed by atoms with van der Waals surface area (Å²) in [5.74, 6) is 2.51. The topological polar surface area (TPSA) is 73.3 Å². The Hall–Kier alpha value is -2.70. The Balaban J connectivity index is 1.27. The van der Waals surface area contributed by atoms with Crippen molar-refractivity contribution < 1.29 is 5.11 Å². The summed E-state index contributed by atoms with van der Waals surface area (Å²) in [7, 11) is 4.05. The van der Waals surface area contributed by atoms with Gasteiger partial charge in [-0.2, -0.15) is 4.98 Å². The number of aliphatic hydroxyl groups excluding tert-OH is 1. The van der Waals surface area contributed by atoms with Crippen LogP contribution in [0.4, 0.5) is 11.8 Å². The van der Waals surface area contributed by atoms with Crippen LogP contribution in [0.5, 0.6) is 0 Å². The number of fused-ring (bicyclic) bond motifs is 1. The summed E-state index contributed by atoms with van der Waals surface area (Å²) in [4.78, 5) is 11.6. The number of rotatable bonds is 9. The van der Waals surface area contributed by atoms with Gasteiger partial charge in [0.25, 0.3) is 0 Å². The number of aromatic nitrogens is 2. The van der Waals surface area contributed by atoms with Crippen molar-refractivity contribution in [3.63, 3.8) is 0 Å². The van der Waals surface area contributed by atoms with E-state index in [0.29, 0.717) is 12.0 Å². The van der Waals surface area contributed by atoms with Crippen LogP contribution in [0, 0.1) is 5.92 Å². The van der Waals surface area contributed by atoms with Crippen molar-refractivity contribution >= 4 is 22.7 Å². The molecule has 1 unspecified atom stereocenters. The Bertz CT molecular complexity index is 986. The minimum Gasteiger partial charge on any atom is -0.396 e. The molecular weight excluding hydrogens is 398 g/mol. The molecule has 0 bridgehead atoms. The first-order valence-corrected chi connectivity index (χ1v) is 11.7. The van der Waals surface area contributed by atoms with Gasteiger partial charge in [-0.05, 0) is 55.8 Å². The first-order chi connectivity index (χ1) is 15.6.